The third-order valence-corrected chi connectivity index (χ3v) is 4.62. The number of hydrogen-bond donors (Lipinski definition) is 1. The van der Waals surface area contributed by atoms with E-state index >= 15 is 0 Å². The lowest BCUT2D eigenvalue weighted by atomic mass is 10.2. The van der Waals surface area contributed by atoms with Crippen molar-refractivity contribution in [1.82, 2.24) is 24.4 Å². The van der Waals surface area contributed by atoms with Crippen LogP contribution in [0.25, 0.3) is 5.52 Å². The van der Waals surface area contributed by atoms with Crippen LogP contribution in [0.15, 0.2) is 29.2 Å². The summed E-state index contributed by atoms with van der Waals surface area (Å²) in [5.74, 6) is 0.850. The van der Waals surface area contributed by atoms with E-state index in [0.717, 1.165) is 24.2 Å². The van der Waals surface area contributed by atoms with Gasteiger partial charge in [-0.05, 0) is 38.0 Å². The second kappa shape index (κ2) is 6.61. The van der Waals surface area contributed by atoms with E-state index in [9.17, 15) is 9.59 Å². The molecule has 1 amide bonds. The van der Waals surface area contributed by atoms with Crippen molar-refractivity contribution in [1.29, 1.82) is 0 Å². The first-order chi connectivity index (χ1) is 12.9. The zero-order valence-corrected chi connectivity index (χ0v) is 15.6. The van der Waals surface area contributed by atoms with Crippen LogP contribution in [0.2, 0.25) is 0 Å². The van der Waals surface area contributed by atoms with Gasteiger partial charge in [0, 0.05) is 17.5 Å². The molecular weight excluding hydrogens is 344 g/mol. The predicted molar refractivity (Wildman–Crippen MR) is 101 cm³/mol. The van der Waals surface area contributed by atoms with Gasteiger partial charge in [0.2, 0.25) is 5.91 Å². The summed E-state index contributed by atoms with van der Waals surface area (Å²) in [7, 11) is 0. The predicted octanol–water partition coefficient (Wildman–Crippen LogP) is 2.23. The van der Waals surface area contributed by atoms with Crippen molar-refractivity contribution in [2.75, 3.05) is 5.32 Å². The van der Waals surface area contributed by atoms with Gasteiger partial charge < -0.3 is 5.32 Å². The lowest BCUT2D eigenvalue weighted by Crippen LogP contribution is -2.32. The van der Waals surface area contributed by atoms with E-state index in [1.807, 2.05) is 32.9 Å². The van der Waals surface area contributed by atoms with Crippen molar-refractivity contribution in [2.45, 2.75) is 52.0 Å². The van der Waals surface area contributed by atoms with Gasteiger partial charge in [-0.25, -0.2) is 9.20 Å². The zero-order valence-electron chi connectivity index (χ0n) is 15.6. The Kier molecular flexibility index (Phi) is 4.25. The summed E-state index contributed by atoms with van der Waals surface area (Å²) >= 11 is 0. The van der Waals surface area contributed by atoms with Crippen LogP contribution in [-0.4, -0.2) is 30.3 Å². The van der Waals surface area contributed by atoms with Gasteiger partial charge in [0.15, 0.2) is 5.82 Å². The maximum absolute atomic E-state index is 12.8. The average molecular weight is 366 g/mol. The standard InChI is InChI=1S/C19H22N6O2/c1-11(2)18-23-24(10-17(26)21-14-7-4-12(3)20-9-14)19(27)16-8-15(13-5-6-13)22-25(16)18/h4,7-9,11,13H,5-6,10H2,1-3H3,(H,21,26). The summed E-state index contributed by atoms with van der Waals surface area (Å²) in [6, 6.07) is 5.43. The lowest BCUT2D eigenvalue weighted by Gasteiger charge is -2.11. The smallest absolute Gasteiger partial charge is 0.293 e. The Morgan fingerprint density at radius 2 is 2.07 bits per heavy atom. The number of fused-ring (bicyclic) bond motifs is 1. The largest absolute Gasteiger partial charge is 0.323 e. The minimum Gasteiger partial charge on any atom is -0.323 e. The molecule has 1 aliphatic rings. The zero-order chi connectivity index (χ0) is 19.1. The molecule has 3 heterocycles. The maximum Gasteiger partial charge on any atom is 0.293 e. The first kappa shape index (κ1) is 17.4. The van der Waals surface area contributed by atoms with Crippen LogP contribution < -0.4 is 10.9 Å². The molecule has 0 unspecified atom stereocenters. The third kappa shape index (κ3) is 3.47. The number of aryl methyl sites for hydroxylation is 1. The molecule has 3 aromatic rings. The van der Waals surface area contributed by atoms with E-state index in [1.54, 1.807) is 16.8 Å². The topological polar surface area (TPSA) is 94.2 Å². The van der Waals surface area contributed by atoms with Crippen molar-refractivity contribution in [3.63, 3.8) is 0 Å². The van der Waals surface area contributed by atoms with Gasteiger partial charge in [-0.3, -0.25) is 14.6 Å². The molecule has 4 rings (SSSR count). The van der Waals surface area contributed by atoms with Gasteiger partial charge in [0.05, 0.1) is 17.6 Å². The normalized spacial score (nSPS) is 14.1. The average Bonchev–Trinajstić information content (AvgIpc) is 3.38. The second-order valence-corrected chi connectivity index (χ2v) is 7.35. The van der Waals surface area contributed by atoms with Crippen LogP contribution in [0.1, 0.15) is 55.7 Å². The van der Waals surface area contributed by atoms with Gasteiger partial charge in [-0.2, -0.15) is 10.2 Å². The lowest BCUT2D eigenvalue weighted by molar-refractivity contribution is -0.117. The number of carbonyl (C=O) groups is 1. The highest BCUT2D eigenvalue weighted by Gasteiger charge is 2.28. The molecule has 0 atom stereocenters. The van der Waals surface area contributed by atoms with Gasteiger partial charge >= 0.3 is 0 Å². The van der Waals surface area contributed by atoms with E-state index in [-0.39, 0.29) is 23.9 Å². The van der Waals surface area contributed by atoms with Crippen LogP contribution in [0.3, 0.4) is 0 Å². The van der Waals surface area contributed by atoms with Gasteiger partial charge in [0.1, 0.15) is 12.1 Å². The Balaban J connectivity index is 1.66. The molecule has 8 nitrogen and oxygen atoms in total. The molecule has 0 aliphatic heterocycles. The number of pyridine rings is 1. The molecule has 0 aromatic carbocycles. The first-order valence-electron chi connectivity index (χ1n) is 9.15. The van der Waals surface area contributed by atoms with Gasteiger partial charge in [-0.1, -0.05) is 13.8 Å². The van der Waals surface area contributed by atoms with E-state index in [1.165, 1.54) is 4.68 Å². The fraction of sp³-hybridized carbons (Fsp3) is 0.421. The molecule has 1 N–H and O–H groups in total. The molecule has 27 heavy (non-hydrogen) atoms. The number of carbonyl (C=O) groups excluding carboxylic acids is 1. The number of amides is 1. The monoisotopic (exact) mass is 366 g/mol. The summed E-state index contributed by atoms with van der Waals surface area (Å²) in [6.45, 7) is 5.70. The van der Waals surface area contributed by atoms with Crippen molar-refractivity contribution in [2.24, 2.45) is 0 Å². The molecule has 0 radical (unpaired) electrons. The summed E-state index contributed by atoms with van der Waals surface area (Å²) < 4.78 is 2.86. The summed E-state index contributed by atoms with van der Waals surface area (Å²) in [5, 5.41) is 11.8. The number of hydrogen-bond acceptors (Lipinski definition) is 5. The highest BCUT2D eigenvalue weighted by molar-refractivity contribution is 5.90. The van der Waals surface area contributed by atoms with E-state index in [2.05, 4.69) is 20.5 Å². The third-order valence-electron chi connectivity index (χ3n) is 4.62. The van der Waals surface area contributed by atoms with Crippen molar-refractivity contribution in [3.8, 4) is 0 Å². The Morgan fingerprint density at radius 1 is 1.30 bits per heavy atom. The van der Waals surface area contributed by atoms with Crippen LogP contribution in [0.5, 0.6) is 0 Å². The highest BCUT2D eigenvalue weighted by Crippen LogP contribution is 2.39. The summed E-state index contributed by atoms with van der Waals surface area (Å²) in [5.41, 5.74) is 2.55. The Hall–Kier alpha value is -3.03. The summed E-state index contributed by atoms with van der Waals surface area (Å²) in [6.07, 6.45) is 3.80. The minimum atomic E-state index is -0.323. The molecule has 0 bridgehead atoms. The Bertz CT molecular complexity index is 1060. The van der Waals surface area contributed by atoms with Crippen LogP contribution >= 0.6 is 0 Å². The maximum atomic E-state index is 12.8. The SMILES string of the molecule is Cc1ccc(NC(=O)Cn2nc(C(C)C)n3nc(C4CC4)cc3c2=O)cn1. The fourth-order valence-electron chi connectivity index (χ4n) is 2.99. The van der Waals surface area contributed by atoms with Crippen LogP contribution in [-0.2, 0) is 11.3 Å². The molecule has 140 valence electrons. The van der Waals surface area contributed by atoms with Gasteiger partial charge in [0.25, 0.3) is 5.56 Å². The highest BCUT2D eigenvalue weighted by atomic mass is 16.2. The molecule has 8 heteroatoms. The van der Waals surface area contributed by atoms with Gasteiger partial charge in [-0.15, -0.1) is 0 Å². The molecule has 0 spiro atoms. The molecule has 1 aliphatic carbocycles. The number of rotatable bonds is 5. The van der Waals surface area contributed by atoms with Crippen molar-refractivity contribution >= 4 is 17.1 Å². The van der Waals surface area contributed by atoms with E-state index in [0.29, 0.717) is 22.9 Å². The molecule has 1 fully saturated rings. The van der Waals surface area contributed by atoms with Crippen molar-refractivity contribution in [3.05, 3.63) is 52.0 Å². The fourth-order valence-corrected chi connectivity index (χ4v) is 2.99. The first-order valence-corrected chi connectivity index (χ1v) is 9.15. The Morgan fingerprint density at radius 3 is 2.70 bits per heavy atom. The number of aromatic nitrogens is 5. The van der Waals surface area contributed by atoms with E-state index < -0.39 is 0 Å². The Labute approximate surface area is 156 Å². The van der Waals surface area contributed by atoms with Crippen LogP contribution in [0.4, 0.5) is 5.69 Å². The molecule has 0 saturated heterocycles. The number of nitrogens with one attached hydrogen (secondary N) is 1. The number of anilines is 1. The minimum absolute atomic E-state index is 0.0654. The number of nitrogens with zero attached hydrogens (tertiary/aromatic N) is 5. The molecule has 1 saturated carbocycles. The van der Waals surface area contributed by atoms with Crippen LogP contribution in [0, 0.1) is 6.92 Å². The van der Waals surface area contributed by atoms with E-state index in [4.69, 9.17) is 0 Å². The molecule has 3 aromatic heterocycles. The molecular formula is C19H22N6O2. The second-order valence-electron chi connectivity index (χ2n) is 7.35. The quantitative estimate of drug-likeness (QED) is 0.747. The summed E-state index contributed by atoms with van der Waals surface area (Å²) in [4.78, 5) is 29.4. The van der Waals surface area contributed by atoms with Crippen molar-refractivity contribution < 1.29 is 4.79 Å².